The average Bonchev–Trinajstić information content (AvgIpc) is 1.59. The molecule has 0 saturated heterocycles. The van der Waals surface area contributed by atoms with Gasteiger partial charge in [0, 0.05) is 33.7 Å². The number of nitro groups is 1. The maximum atomic E-state index is 10.3. The summed E-state index contributed by atoms with van der Waals surface area (Å²) in [5.41, 5.74) is 0.149. The maximum absolute atomic E-state index is 10.3. The Morgan fingerprint density at radius 3 is 2.00 bits per heavy atom. The molecule has 0 unspecified atom stereocenters. The monoisotopic (exact) mass is 207 g/mol. The van der Waals surface area contributed by atoms with Gasteiger partial charge in [0.05, 0.1) is 0 Å². The van der Waals surface area contributed by atoms with Gasteiger partial charge in [0.2, 0.25) is 0 Å². The van der Waals surface area contributed by atoms with Crippen molar-refractivity contribution < 1.29 is 4.92 Å². The zero-order valence-electron chi connectivity index (χ0n) is 6.06. The Morgan fingerprint density at radius 2 is 1.90 bits per heavy atom. The quantitative estimate of drug-likeness (QED) is 0.287. The number of hydrogen-bond donors (Lipinski definition) is 0. The molecule has 0 radical (unpaired) electrons. The van der Waals surface area contributed by atoms with Crippen molar-refractivity contribution in [3.63, 3.8) is 0 Å². The Balaban J connectivity index is 2.58. The molecule has 0 aromatic carbocycles. The van der Waals surface area contributed by atoms with E-state index in [2.05, 4.69) is 15.9 Å². The lowest BCUT2D eigenvalue weighted by Crippen LogP contribution is -2.49. The van der Waals surface area contributed by atoms with Crippen LogP contribution in [0.1, 0.15) is 26.7 Å². The van der Waals surface area contributed by atoms with Gasteiger partial charge in [0.25, 0.3) is 4.45 Å². The molecule has 0 aromatic heterocycles. The normalized spacial score (nSPS) is 27.1. The Labute approximate surface area is 68.1 Å². The molecule has 58 valence electrons. The number of rotatable bonds is 1. The molecule has 0 N–H and O–H groups in total. The van der Waals surface area contributed by atoms with E-state index < -0.39 is 4.45 Å². The fraction of sp³-hybridized carbons (Fsp3) is 1.00. The van der Waals surface area contributed by atoms with Crippen LogP contribution in [-0.2, 0) is 0 Å². The number of halogens is 1. The van der Waals surface area contributed by atoms with Crippen LogP contribution >= 0.6 is 15.9 Å². The Kier molecular flexibility index (Phi) is 1.54. The maximum Gasteiger partial charge on any atom is 0.275 e. The van der Waals surface area contributed by atoms with Crippen LogP contribution in [0.15, 0.2) is 0 Å². The smallest absolute Gasteiger partial charge is 0.263 e. The van der Waals surface area contributed by atoms with Crippen molar-refractivity contribution in [2.24, 2.45) is 5.41 Å². The highest BCUT2D eigenvalue weighted by Crippen LogP contribution is 2.53. The molecule has 0 amide bonds. The lowest BCUT2D eigenvalue weighted by atomic mass is 9.68. The molecule has 3 nitrogen and oxygen atoms in total. The van der Waals surface area contributed by atoms with Crippen LogP contribution in [0.2, 0.25) is 0 Å². The van der Waals surface area contributed by atoms with Gasteiger partial charge in [-0.25, -0.2) is 0 Å². The summed E-state index contributed by atoms with van der Waals surface area (Å²) in [7, 11) is 0. The summed E-state index contributed by atoms with van der Waals surface area (Å²) in [4.78, 5) is 10.1. The second kappa shape index (κ2) is 1.94. The lowest BCUT2D eigenvalue weighted by Gasteiger charge is -2.42. The van der Waals surface area contributed by atoms with Gasteiger partial charge in [-0.2, -0.15) is 0 Å². The third-order valence-electron chi connectivity index (χ3n) is 1.83. The van der Waals surface area contributed by atoms with E-state index in [1.807, 2.05) is 13.8 Å². The van der Waals surface area contributed by atoms with Crippen molar-refractivity contribution in [1.29, 1.82) is 0 Å². The summed E-state index contributed by atoms with van der Waals surface area (Å²) in [6.45, 7) is 4.08. The number of alkyl halides is 1. The van der Waals surface area contributed by atoms with Gasteiger partial charge in [-0.05, 0) is 5.41 Å². The van der Waals surface area contributed by atoms with Gasteiger partial charge in [-0.1, -0.05) is 13.8 Å². The van der Waals surface area contributed by atoms with Crippen LogP contribution in [0.5, 0.6) is 0 Å². The average molecular weight is 208 g/mol. The molecule has 0 bridgehead atoms. The van der Waals surface area contributed by atoms with Gasteiger partial charge in [0.15, 0.2) is 0 Å². The molecule has 0 aromatic rings. The zero-order chi connectivity index (χ0) is 7.99. The highest BCUT2D eigenvalue weighted by molar-refractivity contribution is 9.10. The van der Waals surface area contributed by atoms with Crippen molar-refractivity contribution in [3.8, 4) is 0 Å². The molecule has 1 aliphatic rings. The summed E-state index contributed by atoms with van der Waals surface area (Å²) in [6, 6.07) is 0. The third kappa shape index (κ3) is 1.17. The van der Waals surface area contributed by atoms with E-state index in [1.54, 1.807) is 0 Å². The molecule has 0 aliphatic heterocycles. The van der Waals surface area contributed by atoms with Crippen LogP contribution in [-0.4, -0.2) is 9.37 Å². The van der Waals surface area contributed by atoms with E-state index >= 15 is 0 Å². The van der Waals surface area contributed by atoms with Crippen LogP contribution in [0.3, 0.4) is 0 Å². The highest BCUT2D eigenvalue weighted by atomic mass is 79.9. The molecule has 10 heavy (non-hydrogen) atoms. The van der Waals surface area contributed by atoms with Crippen LogP contribution in [0, 0.1) is 15.5 Å². The van der Waals surface area contributed by atoms with Crippen LogP contribution < -0.4 is 0 Å². The first kappa shape index (κ1) is 7.98. The summed E-state index contributed by atoms with van der Waals surface area (Å²) in [5, 5.41) is 10.3. The number of hydrogen-bond acceptors (Lipinski definition) is 2. The second-order valence-electron chi connectivity index (χ2n) is 3.69. The van der Waals surface area contributed by atoms with Crippen molar-refractivity contribution >= 4 is 15.9 Å². The molecule has 1 saturated carbocycles. The molecule has 1 fully saturated rings. The summed E-state index contributed by atoms with van der Waals surface area (Å²) < 4.78 is -0.809. The minimum Gasteiger partial charge on any atom is -0.263 e. The van der Waals surface area contributed by atoms with E-state index in [0.29, 0.717) is 12.8 Å². The van der Waals surface area contributed by atoms with Crippen molar-refractivity contribution in [2.45, 2.75) is 31.1 Å². The molecule has 0 heterocycles. The van der Waals surface area contributed by atoms with Crippen molar-refractivity contribution in [1.82, 2.24) is 0 Å². The van der Waals surface area contributed by atoms with Crippen LogP contribution in [0.25, 0.3) is 0 Å². The fourth-order valence-electron chi connectivity index (χ4n) is 1.54. The Morgan fingerprint density at radius 1 is 1.50 bits per heavy atom. The Hall–Kier alpha value is -0.120. The first-order valence-electron chi connectivity index (χ1n) is 3.19. The molecule has 4 heteroatoms. The van der Waals surface area contributed by atoms with Crippen molar-refractivity contribution in [2.75, 3.05) is 0 Å². The number of nitrogens with zero attached hydrogens (tertiary/aromatic N) is 1. The fourth-order valence-corrected chi connectivity index (χ4v) is 3.06. The standard InChI is InChI=1S/C6H10BrNO2/c1-5(2)3-6(7,4-5)8(9)10/h3-4H2,1-2H3. The molecular formula is C6H10BrNO2. The molecular weight excluding hydrogens is 198 g/mol. The van der Waals surface area contributed by atoms with Gasteiger partial charge in [0.1, 0.15) is 0 Å². The van der Waals surface area contributed by atoms with E-state index in [4.69, 9.17) is 0 Å². The summed E-state index contributed by atoms with van der Waals surface area (Å²) in [5.74, 6) is 0. The summed E-state index contributed by atoms with van der Waals surface area (Å²) >= 11 is 3.11. The minimum absolute atomic E-state index is 0.149. The topological polar surface area (TPSA) is 43.1 Å². The first-order valence-corrected chi connectivity index (χ1v) is 3.98. The highest BCUT2D eigenvalue weighted by Gasteiger charge is 2.57. The Bertz CT molecular complexity index is 171. The first-order chi connectivity index (χ1) is 4.36. The minimum atomic E-state index is -0.809. The van der Waals surface area contributed by atoms with Gasteiger partial charge >= 0.3 is 0 Å². The predicted molar refractivity (Wildman–Crippen MR) is 41.7 cm³/mol. The second-order valence-corrected chi connectivity index (χ2v) is 5.17. The van der Waals surface area contributed by atoms with Crippen LogP contribution in [0.4, 0.5) is 0 Å². The zero-order valence-corrected chi connectivity index (χ0v) is 7.64. The molecule has 1 rings (SSSR count). The molecule has 0 spiro atoms. The summed E-state index contributed by atoms with van der Waals surface area (Å²) in [6.07, 6.45) is 1.26. The van der Waals surface area contributed by atoms with Gasteiger partial charge < -0.3 is 0 Å². The SMILES string of the molecule is CC1(C)CC(Br)([N+](=O)[O-])C1. The van der Waals surface area contributed by atoms with Gasteiger partial charge in [-0.15, -0.1) is 0 Å². The van der Waals surface area contributed by atoms with E-state index in [-0.39, 0.29) is 10.3 Å². The van der Waals surface area contributed by atoms with Gasteiger partial charge in [-0.3, -0.25) is 10.1 Å². The van der Waals surface area contributed by atoms with E-state index in [1.165, 1.54) is 0 Å². The molecule has 1 aliphatic carbocycles. The van der Waals surface area contributed by atoms with Crippen molar-refractivity contribution in [3.05, 3.63) is 10.1 Å². The molecule has 0 atom stereocenters. The lowest BCUT2D eigenvalue weighted by molar-refractivity contribution is -0.559. The largest absolute Gasteiger partial charge is 0.275 e. The third-order valence-corrected chi connectivity index (χ3v) is 2.68. The predicted octanol–water partition coefficient (Wildman–Crippen LogP) is 2.17. The van der Waals surface area contributed by atoms with E-state index in [9.17, 15) is 10.1 Å². The van der Waals surface area contributed by atoms with E-state index in [0.717, 1.165) is 0 Å².